The van der Waals surface area contributed by atoms with Gasteiger partial charge in [-0.3, -0.25) is 4.79 Å². The number of aliphatic hydroxyl groups is 2. The first-order valence-electron chi connectivity index (χ1n) is 7.18. The molecular formula is C14H28O5. The van der Waals surface area contributed by atoms with E-state index in [9.17, 15) is 4.79 Å². The quantitative estimate of drug-likeness (QED) is 0.660. The molecule has 0 saturated carbocycles. The van der Waals surface area contributed by atoms with Crippen LogP contribution in [0.15, 0.2) is 0 Å². The number of hydrogen-bond acceptors (Lipinski definition) is 4. The first kappa shape index (κ1) is 18.4. The molecule has 114 valence electrons. The summed E-state index contributed by atoms with van der Waals surface area (Å²) in [6.45, 7) is 4.16. The van der Waals surface area contributed by atoms with Crippen LogP contribution < -0.4 is 0 Å². The SMILES string of the molecule is CCCCC(CC)C(=O)O.OCC1CCC(CO)O1. The molecule has 0 aromatic rings. The van der Waals surface area contributed by atoms with E-state index in [1.807, 2.05) is 6.92 Å². The summed E-state index contributed by atoms with van der Waals surface area (Å²) < 4.78 is 5.16. The number of carboxylic acids is 1. The summed E-state index contributed by atoms with van der Waals surface area (Å²) in [5.41, 5.74) is 0. The van der Waals surface area contributed by atoms with Crippen molar-refractivity contribution in [2.45, 2.75) is 64.6 Å². The predicted molar refractivity (Wildman–Crippen MR) is 73.0 cm³/mol. The van der Waals surface area contributed by atoms with Gasteiger partial charge in [-0.15, -0.1) is 0 Å². The number of ether oxygens (including phenoxy) is 1. The van der Waals surface area contributed by atoms with Crippen LogP contribution in [0, 0.1) is 5.92 Å². The summed E-state index contributed by atoms with van der Waals surface area (Å²) in [6, 6.07) is 0. The van der Waals surface area contributed by atoms with Gasteiger partial charge in [0.15, 0.2) is 0 Å². The Bertz CT molecular complexity index is 222. The third kappa shape index (κ3) is 8.18. The summed E-state index contributed by atoms with van der Waals surface area (Å²) in [6.07, 6.45) is 5.42. The Labute approximate surface area is 115 Å². The number of rotatable bonds is 7. The predicted octanol–water partition coefficient (Wildman–Crippen LogP) is 1.81. The standard InChI is InChI=1S/C8H16O2.C6H12O3/c1-3-5-6-7(4-2)8(9)10;7-3-5-1-2-6(4-8)9-5/h7H,3-6H2,1-2H3,(H,9,10);5-8H,1-4H2. The molecule has 0 spiro atoms. The van der Waals surface area contributed by atoms with Gasteiger partial charge in [0.05, 0.1) is 31.3 Å². The maximum Gasteiger partial charge on any atom is 0.306 e. The van der Waals surface area contributed by atoms with Crippen molar-refractivity contribution in [2.24, 2.45) is 5.92 Å². The Hall–Kier alpha value is -0.650. The smallest absolute Gasteiger partial charge is 0.306 e. The first-order valence-corrected chi connectivity index (χ1v) is 7.18. The molecule has 3 N–H and O–H groups in total. The molecule has 5 nitrogen and oxygen atoms in total. The van der Waals surface area contributed by atoms with Crippen LogP contribution in [-0.2, 0) is 9.53 Å². The largest absolute Gasteiger partial charge is 0.481 e. The van der Waals surface area contributed by atoms with Gasteiger partial charge in [-0.25, -0.2) is 0 Å². The van der Waals surface area contributed by atoms with Gasteiger partial charge >= 0.3 is 5.97 Å². The number of carbonyl (C=O) groups is 1. The van der Waals surface area contributed by atoms with Gasteiger partial charge in [0.25, 0.3) is 0 Å². The topological polar surface area (TPSA) is 87.0 Å². The molecule has 0 amide bonds. The minimum absolute atomic E-state index is 0.0258. The molecule has 19 heavy (non-hydrogen) atoms. The van der Waals surface area contributed by atoms with Crippen LogP contribution in [0.5, 0.6) is 0 Å². The number of unbranched alkanes of at least 4 members (excludes halogenated alkanes) is 1. The Balaban J connectivity index is 0.000000342. The lowest BCUT2D eigenvalue weighted by molar-refractivity contribution is -0.142. The second-order valence-corrected chi connectivity index (χ2v) is 4.91. The van der Waals surface area contributed by atoms with Crippen molar-refractivity contribution in [3.05, 3.63) is 0 Å². The van der Waals surface area contributed by atoms with Crippen LogP contribution >= 0.6 is 0 Å². The fraction of sp³-hybridized carbons (Fsp3) is 0.929. The van der Waals surface area contributed by atoms with Crippen molar-refractivity contribution in [1.82, 2.24) is 0 Å². The summed E-state index contributed by atoms with van der Waals surface area (Å²) in [5.74, 6) is -0.754. The molecule has 1 rings (SSSR count). The van der Waals surface area contributed by atoms with Crippen molar-refractivity contribution in [2.75, 3.05) is 13.2 Å². The highest BCUT2D eigenvalue weighted by Crippen LogP contribution is 2.18. The van der Waals surface area contributed by atoms with Gasteiger partial charge in [-0.2, -0.15) is 0 Å². The van der Waals surface area contributed by atoms with Gasteiger partial charge < -0.3 is 20.1 Å². The highest BCUT2D eigenvalue weighted by molar-refractivity contribution is 5.69. The van der Waals surface area contributed by atoms with Gasteiger partial charge in [0.2, 0.25) is 0 Å². The molecule has 3 atom stereocenters. The maximum absolute atomic E-state index is 10.4. The number of carboxylic acid groups (broad SMARTS) is 1. The number of hydrogen-bond donors (Lipinski definition) is 3. The zero-order valence-electron chi connectivity index (χ0n) is 12.0. The lowest BCUT2D eigenvalue weighted by Gasteiger charge is -2.07. The van der Waals surface area contributed by atoms with Crippen LogP contribution in [-0.4, -0.2) is 46.7 Å². The van der Waals surface area contributed by atoms with Crippen molar-refractivity contribution >= 4 is 5.97 Å². The number of aliphatic hydroxyl groups excluding tert-OH is 2. The molecule has 0 radical (unpaired) electrons. The van der Waals surface area contributed by atoms with E-state index in [0.29, 0.717) is 0 Å². The van der Waals surface area contributed by atoms with E-state index >= 15 is 0 Å². The number of aliphatic carboxylic acids is 1. The summed E-state index contributed by atoms with van der Waals surface area (Å²) in [4.78, 5) is 10.4. The Morgan fingerprint density at radius 1 is 1.21 bits per heavy atom. The molecule has 0 aromatic carbocycles. The molecule has 1 aliphatic rings. The fourth-order valence-electron chi connectivity index (χ4n) is 2.00. The van der Waals surface area contributed by atoms with E-state index in [2.05, 4.69) is 6.92 Å². The van der Waals surface area contributed by atoms with E-state index in [0.717, 1.165) is 38.5 Å². The fourth-order valence-corrected chi connectivity index (χ4v) is 2.00. The molecule has 5 heteroatoms. The lowest BCUT2D eigenvalue weighted by Crippen LogP contribution is -2.16. The van der Waals surface area contributed by atoms with E-state index in [1.165, 1.54) is 0 Å². The van der Waals surface area contributed by atoms with Crippen molar-refractivity contribution in [3.8, 4) is 0 Å². The molecular weight excluding hydrogens is 248 g/mol. The van der Waals surface area contributed by atoms with Crippen molar-refractivity contribution in [3.63, 3.8) is 0 Å². The van der Waals surface area contributed by atoms with Crippen LogP contribution in [0.3, 0.4) is 0 Å². The van der Waals surface area contributed by atoms with Crippen LogP contribution in [0.1, 0.15) is 52.4 Å². The zero-order valence-corrected chi connectivity index (χ0v) is 12.0. The molecule has 3 unspecified atom stereocenters. The van der Waals surface area contributed by atoms with Gasteiger partial charge in [-0.1, -0.05) is 26.7 Å². The monoisotopic (exact) mass is 276 g/mol. The first-order chi connectivity index (χ1) is 9.08. The molecule has 1 saturated heterocycles. The Kier molecular flexibility index (Phi) is 10.8. The van der Waals surface area contributed by atoms with Crippen LogP contribution in [0.25, 0.3) is 0 Å². The van der Waals surface area contributed by atoms with Crippen molar-refractivity contribution < 1.29 is 24.9 Å². The molecule has 0 aromatic heterocycles. The Morgan fingerprint density at radius 3 is 2.00 bits per heavy atom. The Morgan fingerprint density at radius 2 is 1.74 bits per heavy atom. The lowest BCUT2D eigenvalue weighted by atomic mass is 10.00. The van der Waals surface area contributed by atoms with Crippen LogP contribution in [0.2, 0.25) is 0 Å². The average Bonchev–Trinajstić information content (AvgIpc) is 2.88. The summed E-state index contributed by atoms with van der Waals surface area (Å²) in [5, 5.41) is 25.7. The molecule has 1 heterocycles. The average molecular weight is 276 g/mol. The normalized spacial score (nSPS) is 23.6. The van der Waals surface area contributed by atoms with Gasteiger partial charge in [0, 0.05) is 0 Å². The summed E-state index contributed by atoms with van der Waals surface area (Å²) in [7, 11) is 0. The third-order valence-corrected chi connectivity index (χ3v) is 3.35. The van der Waals surface area contributed by atoms with Crippen molar-refractivity contribution in [1.29, 1.82) is 0 Å². The van der Waals surface area contributed by atoms with E-state index in [4.69, 9.17) is 20.1 Å². The van der Waals surface area contributed by atoms with E-state index < -0.39 is 5.97 Å². The highest BCUT2D eigenvalue weighted by Gasteiger charge is 2.23. The maximum atomic E-state index is 10.4. The highest BCUT2D eigenvalue weighted by atomic mass is 16.5. The molecule has 1 fully saturated rings. The zero-order chi connectivity index (χ0) is 14.7. The summed E-state index contributed by atoms with van der Waals surface area (Å²) >= 11 is 0. The van der Waals surface area contributed by atoms with Crippen LogP contribution in [0.4, 0.5) is 0 Å². The van der Waals surface area contributed by atoms with Gasteiger partial charge in [-0.05, 0) is 25.7 Å². The second-order valence-electron chi connectivity index (χ2n) is 4.91. The third-order valence-electron chi connectivity index (χ3n) is 3.35. The minimum atomic E-state index is -0.643. The molecule has 0 aliphatic carbocycles. The van der Waals surface area contributed by atoms with E-state index in [1.54, 1.807) is 0 Å². The molecule has 1 aliphatic heterocycles. The molecule has 0 bridgehead atoms. The minimum Gasteiger partial charge on any atom is -0.481 e. The van der Waals surface area contributed by atoms with Gasteiger partial charge in [0.1, 0.15) is 0 Å². The van der Waals surface area contributed by atoms with E-state index in [-0.39, 0.29) is 31.3 Å². The second kappa shape index (κ2) is 11.2.